The predicted molar refractivity (Wildman–Crippen MR) is 76.0 cm³/mol. The van der Waals surface area contributed by atoms with Crippen LogP contribution >= 0.6 is 0 Å². The molecule has 94 valence electrons. The van der Waals surface area contributed by atoms with Gasteiger partial charge in [0.2, 0.25) is 0 Å². The van der Waals surface area contributed by atoms with Gasteiger partial charge < -0.3 is 5.32 Å². The van der Waals surface area contributed by atoms with Crippen LogP contribution < -0.4 is 5.32 Å². The minimum atomic E-state index is 0.840. The fraction of sp³-hybridized carbons (Fsp3) is 0.333. The largest absolute Gasteiger partial charge is 0.371 e. The van der Waals surface area contributed by atoms with Crippen LogP contribution in [0.25, 0.3) is 11.3 Å². The zero-order chi connectivity index (χ0) is 13.3. The molecule has 0 atom stereocenters. The summed E-state index contributed by atoms with van der Waals surface area (Å²) in [6, 6.07) is 6.28. The molecule has 3 nitrogen and oxygen atoms in total. The highest BCUT2D eigenvalue weighted by Crippen LogP contribution is 2.29. The van der Waals surface area contributed by atoms with Gasteiger partial charge in [-0.1, -0.05) is 18.2 Å². The van der Waals surface area contributed by atoms with Crippen LogP contribution in [0.3, 0.4) is 0 Å². The second-order valence-electron chi connectivity index (χ2n) is 4.59. The summed E-state index contributed by atoms with van der Waals surface area (Å²) in [5.74, 6) is 0.840. The van der Waals surface area contributed by atoms with Gasteiger partial charge in [-0.2, -0.15) is 0 Å². The van der Waals surface area contributed by atoms with Crippen molar-refractivity contribution < 1.29 is 0 Å². The third kappa shape index (κ3) is 2.08. The molecule has 0 saturated heterocycles. The number of hydrogen-bond acceptors (Lipinski definition) is 3. The number of aromatic nitrogens is 2. The molecule has 0 spiro atoms. The standard InChI is InChI=1S/C15H19N3/c1-9-7-6-8-13(10(9)2)14-15(16-5)18-12(4)11(3)17-14/h6-8H,1-5H3,(H,16,18). The predicted octanol–water partition coefficient (Wildman–Crippen LogP) is 3.42. The van der Waals surface area contributed by atoms with E-state index in [0.29, 0.717) is 0 Å². The van der Waals surface area contributed by atoms with Crippen molar-refractivity contribution in [2.45, 2.75) is 27.7 Å². The Bertz CT molecular complexity index is 589. The molecular formula is C15H19N3. The maximum atomic E-state index is 4.69. The molecule has 0 aliphatic carbocycles. The van der Waals surface area contributed by atoms with E-state index in [1.807, 2.05) is 20.9 Å². The number of nitrogens with zero attached hydrogens (tertiary/aromatic N) is 2. The van der Waals surface area contributed by atoms with Crippen molar-refractivity contribution in [1.82, 2.24) is 9.97 Å². The summed E-state index contributed by atoms with van der Waals surface area (Å²) in [5.41, 5.74) is 6.55. The van der Waals surface area contributed by atoms with Crippen molar-refractivity contribution in [2.75, 3.05) is 12.4 Å². The zero-order valence-corrected chi connectivity index (χ0v) is 11.6. The Balaban J connectivity index is 2.70. The first-order valence-corrected chi connectivity index (χ1v) is 6.14. The van der Waals surface area contributed by atoms with E-state index in [0.717, 1.165) is 28.5 Å². The summed E-state index contributed by atoms with van der Waals surface area (Å²) in [7, 11) is 1.88. The first-order valence-electron chi connectivity index (χ1n) is 6.14. The van der Waals surface area contributed by atoms with E-state index in [1.165, 1.54) is 11.1 Å². The quantitative estimate of drug-likeness (QED) is 0.875. The number of hydrogen-bond donors (Lipinski definition) is 1. The Hall–Kier alpha value is -1.90. The van der Waals surface area contributed by atoms with Crippen molar-refractivity contribution in [2.24, 2.45) is 0 Å². The Morgan fingerprint density at radius 2 is 1.61 bits per heavy atom. The Kier molecular flexibility index (Phi) is 3.32. The summed E-state index contributed by atoms with van der Waals surface area (Å²) >= 11 is 0. The number of nitrogens with one attached hydrogen (secondary N) is 1. The van der Waals surface area contributed by atoms with Crippen LogP contribution in [0.1, 0.15) is 22.5 Å². The molecule has 3 heteroatoms. The highest BCUT2D eigenvalue weighted by molar-refractivity contribution is 5.74. The molecule has 0 fully saturated rings. The lowest BCUT2D eigenvalue weighted by Gasteiger charge is -2.13. The number of rotatable bonds is 2. The van der Waals surface area contributed by atoms with E-state index >= 15 is 0 Å². The maximum absolute atomic E-state index is 4.69. The molecule has 0 saturated carbocycles. The summed E-state index contributed by atoms with van der Waals surface area (Å²) in [6.07, 6.45) is 0. The molecule has 1 heterocycles. The molecular weight excluding hydrogens is 222 g/mol. The molecule has 1 aromatic heterocycles. The summed E-state index contributed by atoms with van der Waals surface area (Å²) in [5, 5.41) is 3.14. The molecule has 2 aromatic rings. The average molecular weight is 241 g/mol. The van der Waals surface area contributed by atoms with Gasteiger partial charge >= 0.3 is 0 Å². The van der Waals surface area contributed by atoms with Gasteiger partial charge in [-0.3, -0.25) is 0 Å². The van der Waals surface area contributed by atoms with E-state index in [2.05, 4.69) is 42.3 Å². The smallest absolute Gasteiger partial charge is 0.152 e. The van der Waals surface area contributed by atoms with Crippen molar-refractivity contribution in [3.63, 3.8) is 0 Å². The molecule has 0 aliphatic rings. The van der Waals surface area contributed by atoms with Gasteiger partial charge in [0, 0.05) is 12.6 Å². The SMILES string of the molecule is CNc1nc(C)c(C)nc1-c1cccc(C)c1C. The topological polar surface area (TPSA) is 37.8 Å². The lowest BCUT2D eigenvalue weighted by Crippen LogP contribution is -2.03. The third-order valence-electron chi connectivity index (χ3n) is 3.40. The second kappa shape index (κ2) is 4.77. The van der Waals surface area contributed by atoms with E-state index < -0.39 is 0 Å². The van der Waals surface area contributed by atoms with Gasteiger partial charge in [-0.25, -0.2) is 9.97 Å². The van der Waals surface area contributed by atoms with Gasteiger partial charge in [0.25, 0.3) is 0 Å². The maximum Gasteiger partial charge on any atom is 0.152 e. The zero-order valence-electron chi connectivity index (χ0n) is 11.6. The monoisotopic (exact) mass is 241 g/mol. The van der Waals surface area contributed by atoms with Gasteiger partial charge in [0.15, 0.2) is 5.82 Å². The minimum absolute atomic E-state index is 0.840. The first-order chi connectivity index (χ1) is 8.54. The summed E-state index contributed by atoms with van der Waals surface area (Å²) in [6.45, 7) is 8.22. The fourth-order valence-corrected chi connectivity index (χ4v) is 1.97. The lowest BCUT2D eigenvalue weighted by molar-refractivity contribution is 1.05. The molecule has 0 bridgehead atoms. The van der Waals surface area contributed by atoms with Crippen LogP contribution in [-0.4, -0.2) is 17.0 Å². The molecule has 0 radical (unpaired) electrons. The van der Waals surface area contributed by atoms with Crippen LogP contribution in [0.15, 0.2) is 18.2 Å². The van der Waals surface area contributed by atoms with Crippen molar-refractivity contribution in [3.05, 3.63) is 40.7 Å². The second-order valence-corrected chi connectivity index (χ2v) is 4.59. The highest BCUT2D eigenvalue weighted by atomic mass is 15.0. The number of anilines is 1. The Morgan fingerprint density at radius 1 is 0.944 bits per heavy atom. The van der Waals surface area contributed by atoms with Crippen molar-refractivity contribution in [1.29, 1.82) is 0 Å². The van der Waals surface area contributed by atoms with Gasteiger partial charge in [0.05, 0.1) is 11.4 Å². The molecule has 0 aliphatic heterocycles. The van der Waals surface area contributed by atoms with E-state index in [9.17, 15) is 0 Å². The molecule has 0 amide bonds. The van der Waals surface area contributed by atoms with Crippen LogP contribution in [0.2, 0.25) is 0 Å². The van der Waals surface area contributed by atoms with Gasteiger partial charge in [-0.05, 0) is 38.8 Å². The van der Waals surface area contributed by atoms with E-state index in [4.69, 9.17) is 4.98 Å². The normalized spacial score (nSPS) is 10.5. The summed E-state index contributed by atoms with van der Waals surface area (Å²) in [4.78, 5) is 9.26. The van der Waals surface area contributed by atoms with E-state index in [-0.39, 0.29) is 0 Å². The summed E-state index contributed by atoms with van der Waals surface area (Å²) < 4.78 is 0. The molecule has 1 aromatic carbocycles. The lowest BCUT2D eigenvalue weighted by atomic mass is 10.0. The van der Waals surface area contributed by atoms with Crippen molar-refractivity contribution >= 4 is 5.82 Å². The number of benzene rings is 1. The molecule has 0 unspecified atom stereocenters. The van der Waals surface area contributed by atoms with Crippen LogP contribution in [-0.2, 0) is 0 Å². The van der Waals surface area contributed by atoms with Crippen LogP contribution in [0.4, 0.5) is 5.82 Å². The molecule has 18 heavy (non-hydrogen) atoms. The average Bonchev–Trinajstić information content (AvgIpc) is 2.36. The number of aryl methyl sites for hydroxylation is 3. The van der Waals surface area contributed by atoms with Crippen LogP contribution in [0, 0.1) is 27.7 Å². The highest BCUT2D eigenvalue weighted by Gasteiger charge is 2.12. The van der Waals surface area contributed by atoms with E-state index in [1.54, 1.807) is 0 Å². The van der Waals surface area contributed by atoms with Gasteiger partial charge in [-0.15, -0.1) is 0 Å². The van der Waals surface area contributed by atoms with Gasteiger partial charge in [0.1, 0.15) is 5.69 Å². The van der Waals surface area contributed by atoms with Crippen molar-refractivity contribution in [3.8, 4) is 11.3 Å². The molecule has 1 N–H and O–H groups in total. The molecule has 2 rings (SSSR count). The first kappa shape index (κ1) is 12.6. The van der Waals surface area contributed by atoms with Crippen LogP contribution in [0.5, 0.6) is 0 Å². The Labute approximate surface area is 108 Å². The third-order valence-corrected chi connectivity index (χ3v) is 3.40. The minimum Gasteiger partial charge on any atom is -0.371 e. The Morgan fingerprint density at radius 3 is 2.28 bits per heavy atom. The fourth-order valence-electron chi connectivity index (χ4n) is 1.97.